The van der Waals surface area contributed by atoms with E-state index in [4.69, 9.17) is 9.94 Å². The molecule has 0 radical (unpaired) electrons. The van der Waals surface area contributed by atoms with Crippen molar-refractivity contribution in [1.82, 2.24) is 0 Å². The number of benzene rings is 1. The molecule has 98 valence electrons. The Bertz CT molecular complexity index is 601. The number of carbonyl (C=O) groups excluding carboxylic acids is 1. The van der Waals surface area contributed by atoms with E-state index in [-0.39, 0.29) is 17.6 Å². The molecule has 0 amide bonds. The first-order chi connectivity index (χ1) is 9.20. The van der Waals surface area contributed by atoms with Gasteiger partial charge in [0.05, 0.1) is 11.5 Å². The standard InChI is InChI=1S/C15H15NO3/c1-9-4-2-5-10(8-9)13-14-11(17)6-3-7-12(14)19-15(13)16-18/h2,4-5,8,13,18H,3,6-7H2,1H3/b16-15+. The summed E-state index contributed by atoms with van der Waals surface area (Å²) in [6, 6.07) is 7.86. The molecule has 1 aromatic carbocycles. The van der Waals surface area contributed by atoms with Crippen LogP contribution in [0.15, 0.2) is 40.8 Å². The van der Waals surface area contributed by atoms with Crippen molar-refractivity contribution in [2.24, 2.45) is 5.16 Å². The van der Waals surface area contributed by atoms with Crippen LogP contribution < -0.4 is 0 Å². The minimum atomic E-state index is -0.354. The molecule has 4 heteroatoms. The molecule has 0 bridgehead atoms. The molecule has 1 aliphatic heterocycles. The topological polar surface area (TPSA) is 58.9 Å². The zero-order valence-corrected chi connectivity index (χ0v) is 10.7. The molecule has 0 saturated heterocycles. The van der Waals surface area contributed by atoms with E-state index in [1.807, 2.05) is 31.2 Å². The highest BCUT2D eigenvalue weighted by Crippen LogP contribution is 2.41. The predicted octanol–water partition coefficient (Wildman–Crippen LogP) is 2.90. The number of ketones is 1. The fourth-order valence-electron chi connectivity index (χ4n) is 2.81. The second kappa shape index (κ2) is 4.53. The van der Waals surface area contributed by atoms with Gasteiger partial charge < -0.3 is 9.94 Å². The fourth-order valence-corrected chi connectivity index (χ4v) is 2.81. The van der Waals surface area contributed by atoms with Gasteiger partial charge in [-0.05, 0) is 18.9 Å². The molecular weight excluding hydrogens is 242 g/mol. The van der Waals surface area contributed by atoms with Crippen LogP contribution >= 0.6 is 0 Å². The third kappa shape index (κ3) is 1.93. The molecule has 0 fully saturated rings. The highest BCUT2D eigenvalue weighted by molar-refractivity contribution is 6.07. The Morgan fingerprint density at radius 2 is 2.21 bits per heavy atom. The van der Waals surface area contributed by atoms with Gasteiger partial charge in [0, 0.05) is 12.8 Å². The molecule has 0 spiro atoms. The van der Waals surface area contributed by atoms with Crippen LogP contribution in [0.4, 0.5) is 0 Å². The molecule has 0 aromatic heterocycles. The largest absolute Gasteiger partial charge is 0.443 e. The second-order valence-electron chi connectivity index (χ2n) is 5.00. The lowest BCUT2D eigenvalue weighted by Crippen LogP contribution is -2.16. The van der Waals surface area contributed by atoms with E-state index in [0.717, 1.165) is 24.0 Å². The Labute approximate surface area is 111 Å². The molecule has 1 atom stereocenters. The highest BCUT2D eigenvalue weighted by Gasteiger charge is 2.40. The van der Waals surface area contributed by atoms with Gasteiger partial charge in [-0.3, -0.25) is 4.79 Å². The molecule has 1 aliphatic carbocycles. The first-order valence-electron chi connectivity index (χ1n) is 6.43. The van der Waals surface area contributed by atoms with E-state index < -0.39 is 0 Å². The van der Waals surface area contributed by atoms with E-state index in [2.05, 4.69) is 5.16 Å². The van der Waals surface area contributed by atoms with Crippen molar-refractivity contribution in [1.29, 1.82) is 0 Å². The number of ether oxygens (including phenoxy) is 1. The molecule has 2 aliphatic rings. The Balaban J connectivity index is 2.11. The quantitative estimate of drug-likeness (QED) is 0.621. The number of hydrogen-bond acceptors (Lipinski definition) is 4. The smallest absolute Gasteiger partial charge is 0.242 e. The molecule has 0 saturated carbocycles. The average molecular weight is 257 g/mol. The number of Topliss-reactive ketones (excluding diaryl/α,β-unsaturated/α-hetero) is 1. The molecule has 1 heterocycles. The molecular formula is C15H15NO3. The summed E-state index contributed by atoms with van der Waals surface area (Å²) in [7, 11) is 0. The Morgan fingerprint density at radius 3 is 2.95 bits per heavy atom. The van der Waals surface area contributed by atoms with Gasteiger partial charge in [-0.15, -0.1) is 0 Å². The summed E-state index contributed by atoms with van der Waals surface area (Å²) in [5.74, 6) is 0.639. The maximum Gasteiger partial charge on any atom is 0.242 e. The van der Waals surface area contributed by atoms with Crippen LogP contribution in [0, 0.1) is 6.92 Å². The minimum absolute atomic E-state index is 0.103. The van der Waals surface area contributed by atoms with Crippen LogP contribution in [0.3, 0.4) is 0 Å². The van der Waals surface area contributed by atoms with E-state index in [1.54, 1.807) is 0 Å². The highest BCUT2D eigenvalue weighted by atomic mass is 16.5. The summed E-state index contributed by atoms with van der Waals surface area (Å²) in [6.45, 7) is 1.99. The Kier molecular flexibility index (Phi) is 2.85. The molecule has 19 heavy (non-hydrogen) atoms. The third-order valence-corrected chi connectivity index (χ3v) is 3.65. The maximum absolute atomic E-state index is 12.1. The number of oxime groups is 1. The Morgan fingerprint density at radius 1 is 1.37 bits per heavy atom. The van der Waals surface area contributed by atoms with Gasteiger partial charge in [0.15, 0.2) is 5.78 Å². The summed E-state index contributed by atoms with van der Waals surface area (Å²) < 4.78 is 5.55. The SMILES string of the molecule is Cc1cccc(C2C3=C(CCCC3=O)O/C2=N/O)c1. The van der Waals surface area contributed by atoms with Gasteiger partial charge in [-0.1, -0.05) is 35.0 Å². The van der Waals surface area contributed by atoms with Gasteiger partial charge in [0.1, 0.15) is 5.76 Å². The van der Waals surface area contributed by atoms with Gasteiger partial charge in [0.2, 0.25) is 5.90 Å². The van der Waals surface area contributed by atoms with Gasteiger partial charge in [0.25, 0.3) is 0 Å². The van der Waals surface area contributed by atoms with E-state index in [1.165, 1.54) is 0 Å². The van der Waals surface area contributed by atoms with Crippen molar-refractivity contribution in [3.8, 4) is 0 Å². The van der Waals surface area contributed by atoms with Crippen molar-refractivity contribution in [2.75, 3.05) is 0 Å². The molecule has 1 aromatic rings. The third-order valence-electron chi connectivity index (χ3n) is 3.65. The van der Waals surface area contributed by atoms with Crippen molar-refractivity contribution in [2.45, 2.75) is 32.1 Å². The number of carbonyl (C=O) groups is 1. The van der Waals surface area contributed by atoms with Gasteiger partial charge in [-0.2, -0.15) is 0 Å². The van der Waals surface area contributed by atoms with E-state index >= 15 is 0 Å². The molecule has 4 nitrogen and oxygen atoms in total. The first-order valence-corrected chi connectivity index (χ1v) is 6.43. The lowest BCUT2D eigenvalue weighted by atomic mass is 9.84. The van der Waals surface area contributed by atoms with Crippen LogP contribution in [-0.4, -0.2) is 16.9 Å². The predicted molar refractivity (Wildman–Crippen MR) is 70.1 cm³/mol. The van der Waals surface area contributed by atoms with Crippen LogP contribution in [0.5, 0.6) is 0 Å². The number of nitrogens with zero attached hydrogens (tertiary/aromatic N) is 1. The number of rotatable bonds is 1. The molecule has 3 rings (SSSR count). The number of aryl methyl sites for hydroxylation is 1. The van der Waals surface area contributed by atoms with E-state index in [9.17, 15) is 4.79 Å². The first kappa shape index (κ1) is 12.0. The van der Waals surface area contributed by atoms with Crippen LogP contribution in [0.25, 0.3) is 0 Å². The zero-order valence-electron chi connectivity index (χ0n) is 10.7. The summed E-state index contributed by atoms with van der Waals surface area (Å²) in [4.78, 5) is 12.1. The normalized spacial score (nSPS) is 24.6. The summed E-state index contributed by atoms with van der Waals surface area (Å²) in [6.07, 6.45) is 2.09. The van der Waals surface area contributed by atoms with Crippen molar-refractivity contribution < 1.29 is 14.7 Å². The fraction of sp³-hybridized carbons (Fsp3) is 0.333. The summed E-state index contributed by atoms with van der Waals surface area (Å²) in [5.41, 5.74) is 2.71. The number of allylic oxidation sites excluding steroid dienone is 1. The van der Waals surface area contributed by atoms with Crippen LogP contribution in [0.1, 0.15) is 36.3 Å². The molecule has 1 N–H and O–H groups in total. The minimum Gasteiger partial charge on any atom is -0.443 e. The monoisotopic (exact) mass is 257 g/mol. The van der Waals surface area contributed by atoms with Gasteiger partial charge >= 0.3 is 0 Å². The zero-order chi connectivity index (χ0) is 13.4. The van der Waals surface area contributed by atoms with Crippen LogP contribution in [-0.2, 0) is 9.53 Å². The van der Waals surface area contributed by atoms with Crippen molar-refractivity contribution in [3.63, 3.8) is 0 Å². The van der Waals surface area contributed by atoms with Crippen molar-refractivity contribution in [3.05, 3.63) is 46.7 Å². The summed E-state index contributed by atoms with van der Waals surface area (Å²) >= 11 is 0. The lowest BCUT2D eigenvalue weighted by Gasteiger charge is -2.15. The Hall–Kier alpha value is -2.10. The van der Waals surface area contributed by atoms with Gasteiger partial charge in [-0.25, -0.2) is 0 Å². The average Bonchev–Trinajstić information content (AvgIpc) is 2.78. The van der Waals surface area contributed by atoms with E-state index in [0.29, 0.717) is 17.8 Å². The molecule has 1 unspecified atom stereocenters. The van der Waals surface area contributed by atoms with Crippen LogP contribution in [0.2, 0.25) is 0 Å². The number of hydrogen-bond donors (Lipinski definition) is 1. The maximum atomic E-state index is 12.1. The lowest BCUT2D eigenvalue weighted by molar-refractivity contribution is -0.116. The second-order valence-corrected chi connectivity index (χ2v) is 5.00. The summed E-state index contributed by atoms with van der Waals surface area (Å²) in [5, 5.41) is 12.4. The van der Waals surface area contributed by atoms with Crippen molar-refractivity contribution >= 4 is 11.7 Å².